The van der Waals surface area contributed by atoms with Crippen LogP contribution in [0.25, 0.3) is 0 Å². The highest BCUT2D eigenvalue weighted by Crippen LogP contribution is 2.40. The molecule has 0 spiro atoms. The topological polar surface area (TPSA) is 55.8 Å². The lowest BCUT2D eigenvalue weighted by molar-refractivity contribution is -0.163. The Kier molecular flexibility index (Phi) is 3.50. The lowest BCUT2D eigenvalue weighted by Crippen LogP contribution is -2.41. The zero-order chi connectivity index (χ0) is 13.3. The SMILES string of the molecule is CCOC(=O)C1(O)Cc2c(Cl)ccc(OC)c2C1. The Labute approximate surface area is 110 Å². The third kappa shape index (κ3) is 2.06. The van der Waals surface area contributed by atoms with Crippen molar-refractivity contribution in [3.8, 4) is 5.75 Å². The van der Waals surface area contributed by atoms with Gasteiger partial charge in [-0.15, -0.1) is 0 Å². The third-order valence-electron chi connectivity index (χ3n) is 3.14. The smallest absolute Gasteiger partial charge is 0.338 e. The van der Waals surface area contributed by atoms with Crippen molar-refractivity contribution < 1.29 is 19.4 Å². The molecule has 1 aliphatic carbocycles. The van der Waals surface area contributed by atoms with Crippen LogP contribution in [0.15, 0.2) is 12.1 Å². The van der Waals surface area contributed by atoms with Gasteiger partial charge in [-0.05, 0) is 24.6 Å². The number of benzene rings is 1. The Morgan fingerprint density at radius 1 is 1.44 bits per heavy atom. The molecule has 2 rings (SSSR count). The number of aliphatic hydroxyl groups is 1. The minimum Gasteiger partial charge on any atom is -0.496 e. The van der Waals surface area contributed by atoms with Crippen molar-refractivity contribution in [1.82, 2.24) is 0 Å². The predicted molar refractivity (Wildman–Crippen MR) is 67.0 cm³/mol. The number of carbonyl (C=O) groups excluding carboxylic acids is 1. The fraction of sp³-hybridized carbons (Fsp3) is 0.462. The summed E-state index contributed by atoms with van der Waals surface area (Å²) in [7, 11) is 1.55. The third-order valence-corrected chi connectivity index (χ3v) is 3.50. The Morgan fingerprint density at radius 2 is 2.11 bits per heavy atom. The number of halogens is 1. The fourth-order valence-electron chi connectivity index (χ4n) is 2.28. The first-order valence-corrected chi connectivity index (χ1v) is 6.13. The van der Waals surface area contributed by atoms with Gasteiger partial charge >= 0.3 is 5.97 Å². The molecular weight excluding hydrogens is 256 g/mol. The van der Waals surface area contributed by atoms with Gasteiger partial charge in [0.15, 0.2) is 5.60 Å². The van der Waals surface area contributed by atoms with Crippen molar-refractivity contribution in [2.24, 2.45) is 0 Å². The van der Waals surface area contributed by atoms with Crippen LogP contribution in [0.1, 0.15) is 18.1 Å². The number of rotatable bonds is 3. The minimum atomic E-state index is -1.53. The molecule has 0 heterocycles. The lowest BCUT2D eigenvalue weighted by Gasteiger charge is -2.19. The summed E-state index contributed by atoms with van der Waals surface area (Å²) in [5.41, 5.74) is 0.00324. The highest BCUT2D eigenvalue weighted by molar-refractivity contribution is 6.31. The van der Waals surface area contributed by atoms with Gasteiger partial charge in [-0.2, -0.15) is 0 Å². The molecule has 1 aromatic carbocycles. The summed E-state index contributed by atoms with van der Waals surface area (Å²) < 4.78 is 10.1. The van der Waals surface area contributed by atoms with Crippen molar-refractivity contribution in [1.29, 1.82) is 0 Å². The summed E-state index contributed by atoms with van der Waals surface area (Å²) >= 11 is 6.09. The van der Waals surface area contributed by atoms with Crippen molar-refractivity contribution in [2.75, 3.05) is 13.7 Å². The van der Waals surface area contributed by atoms with E-state index in [0.717, 1.165) is 11.1 Å². The second-order valence-electron chi connectivity index (χ2n) is 4.31. The number of ether oxygens (including phenoxy) is 2. The summed E-state index contributed by atoms with van der Waals surface area (Å²) in [6, 6.07) is 3.44. The Hall–Kier alpha value is -1.26. The van der Waals surface area contributed by atoms with Gasteiger partial charge in [0.2, 0.25) is 0 Å². The molecule has 4 nitrogen and oxygen atoms in total. The lowest BCUT2D eigenvalue weighted by atomic mass is 10.0. The van der Waals surface area contributed by atoms with Gasteiger partial charge in [0.05, 0.1) is 13.7 Å². The van der Waals surface area contributed by atoms with E-state index in [2.05, 4.69) is 0 Å². The summed E-state index contributed by atoms with van der Waals surface area (Å²) in [6.07, 6.45) is 0.335. The first kappa shape index (κ1) is 13.2. The van der Waals surface area contributed by atoms with Gasteiger partial charge in [0, 0.05) is 23.4 Å². The molecule has 1 atom stereocenters. The fourth-order valence-corrected chi connectivity index (χ4v) is 2.52. The molecule has 0 saturated heterocycles. The van der Waals surface area contributed by atoms with Crippen LogP contribution >= 0.6 is 11.6 Å². The largest absolute Gasteiger partial charge is 0.496 e. The van der Waals surface area contributed by atoms with Gasteiger partial charge in [0.25, 0.3) is 0 Å². The first-order chi connectivity index (χ1) is 8.51. The maximum Gasteiger partial charge on any atom is 0.338 e. The van der Waals surface area contributed by atoms with E-state index >= 15 is 0 Å². The van der Waals surface area contributed by atoms with E-state index < -0.39 is 11.6 Å². The van der Waals surface area contributed by atoms with Crippen molar-refractivity contribution in [2.45, 2.75) is 25.4 Å². The molecule has 0 saturated carbocycles. The number of esters is 1. The number of hydrogen-bond donors (Lipinski definition) is 1. The molecular formula is C13H15ClO4. The van der Waals surface area contributed by atoms with Gasteiger partial charge < -0.3 is 14.6 Å². The van der Waals surface area contributed by atoms with Crippen molar-refractivity contribution in [3.05, 3.63) is 28.3 Å². The molecule has 1 unspecified atom stereocenters. The first-order valence-electron chi connectivity index (χ1n) is 5.75. The van der Waals surface area contributed by atoms with E-state index in [-0.39, 0.29) is 19.4 Å². The number of carbonyl (C=O) groups is 1. The predicted octanol–water partition coefficient (Wildman–Crippen LogP) is 1.74. The molecule has 0 bridgehead atoms. The average molecular weight is 271 g/mol. The zero-order valence-electron chi connectivity index (χ0n) is 10.3. The van der Waals surface area contributed by atoms with Crippen molar-refractivity contribution >= 4 is 17.6 Å². The molecule has 0 aromatic heterocycles. The van der Waals surface area contributed by atoms with E-state index in [0.29, 0.717) is 10.8 Å². The summed E-state index contributed by atoms with van der Waals surface area (Å²) in [6.45, 7) is 1.94. The number of fused-ring (bicyclic) bond motifs is 1. The zero-order valence-corrected chi connectivity index (χ0v) is 11.1. The Morgan fingerprint density at radius 3 is 2.72 bits per heavy atom. The molecule has 1 aliphatic rings. The number of hydrogen-bond acceptors (Lipinski definition) is 4. The van der Waals surface area contributed by atoms with E-state index in [9.17, 15) is 9.90 Å². The Balaban J connectivity index is 2.37. The summed E-state index contributed by atoms with van der Waals surface area (Å²) in [5, 5.41) is 10.9. The van der Waals surface area contributed by atoms with Gasteiger partial charge in [-0.25, -0.2) is 4.79 Å². The highest BCUT2D eigenvalue weighted by atomic mass is 35.5. The van der Waals surface area contributed by atoms with Crippen molar-refractivity contribution in [3.63, 3.8) is 0 Å². The molecule has 18 heavy (non-hydrogen) atoms. The standard InChI is InChI=1S/C13H15ClO4/c1-3-18-12(15)13(16)6-8-9(7-13)11(17-2)5-4-10(8)14/h4-5,16H,3,6-7H2,1-2H3. The molecule has 1 N–H and O–H groups in total. The van der Waals surface area contributed by atoms with Gasteiger partial charge in [-0.1, -0.05) is 11.6 Å². The molecule has 5 heteroatoms. The number of methoxy groups -OCH3 is 1. The summed E-state index contributed by atoms with van der Waals surface area (Å²) in [5.74, 6) is 0.0222. The molecule has 98 valence electrons. The molecule has 0 amide bonds. The van der Waals surface area contributed by atoms with Crippen LogP contribution in [0.5, 0.6) is 5.75 Å². The van der Waals surface area contributed by atoms with E-state index in [1.807, 2.05) is 0 Å². The maximum atomic E-state index is 11.8. The van der Waals surface area contributed by atoms with Crippen LogP contribution in [0.3, 0.4) is 0 Å². The normalized spacial score (nSPS) is 21.6. The Bertz CT molecular complexity index is 486. The summed E-state index contributed by atoms with van der Waals surface area (Å²) in [4.78, 5) is 11.8. The van der Waals surface area contributed by atoms with E-state index in [1.54, 1.807) is 26.2 Å². The van der Waals surface area contributed by atoms with E-state index in [1.165, 1.54) is 0 Å². The molecule has 1 aromatic rings. The second kappa shape index (κ2) is 4.78. The quantitative estimate of drug-likeness (QED) is 0.850. The van der Waals surface area contributed by atoms with Crippen LogP contribution < -0.4 is 4.74 Å². The van der Waals surface area contributed by atoms with Gasteiger partial charge in [0.1, 0.15) is 5.75 Å². The van der Waals surface area contributed by atoms with E-state index in [4.69, 9.17) is 21.1 Å². The van der Waals surface area contributed by atoms with Crippen LogP contribution in [0.2, 0.25) is 5.02 Å². The van der Waals surface area contributed by atoms with Crippen LogP contribution in [-0.4, -0.2) is 30.4 Å². The minimum absolute atomic E-state index is 0.164. The highest BCUT2D eigenvalue weighted by Gasteiger charge is 2.45. The maximum absolute atomic E-state index is 11.8. The van der Waals surface area contributed by atoms with Crippen LogP contribution in [-0.2, 0) is 22.4 Å². The molecule has 0 radical (unpaired) electrons. The van der Waals surface area contributed by atoms with Crippen LogP contribution in [0, 0.1) is 0 Å². The molecule has 0 fully saturated rings. The average Bonchev–Trinajstić information content (AvgIpc) is 2.70. The molecule has 0 aliphatic heterocycles. The van der Waals surface area contributed by atoms with Gasteiger partial charge in [-0.3, -0.25) is 0 Å². The monoisotopic (exact) mass is 270 g/mol. The van der Waals surface area contributed by atoms with Crippen LogP contribution in [0.4, 0.5) is 0 Å². The second-order valence-corrected chi connectivity index (χ2v) is 4.72.